The first-order chi connectivity index (χ1) is 9.44. The summed E-state index contributed by atoms with van der Waals surface area (Å²) in [5, 5.41) is 3.44. The van der Waals surface area contributed by atoms with E-state index in [4.69, 9.17) is 5.73 Å². The van der Waals surface area contributed by atoms with Crippen molar-refractivity contribution in [1.29, 1.82) is 0 Å². The molecule has 0 fully saturated rings. The van der Waals surface area contributed by atoms with Gasteiger partial charge in [-0.05, 0) is 39.2 Å². The van der Waals surface area contributed by atoms with Crippen LogP contribution in [0.15, 0.2) is 36.4 Å². The molecule has 2 rings (SSSR count). The molecule has 0 aliphatic carbocycles. The minimum Gasteiger partial charge on any atom is -0.368 e. The highest BCUT2D eigenvalue weighted by atomic mass is 15.1. The number of aryl methyl sites for hydroxylation is 2. The van der Waals surface area contributed by atoms with Crippen LogP contribution in [0.4, 0.5) is 11.8 Å². The minimum atomic E-state index is -0.0525. The average molecular weight is 270 g/mol. The van der Waals surface area contributed by atoms with E-state index in [2.05, 4.69) is 53.4 Å². The lowest BCUT2D eigenvalue weighted by atomic mass is 9.95. The van der Waals surface area contributed by atoms with Gasteiger partial charge in [0.05, 0.1) is 0 Å². The summed E-state index contributed by atoms with van der Waals surface area (Å²) in [4.78, 5) is 8.31. The first-order valence-corrected chi connectivity index (χ1v) is 6.88. The quantitative estimate of drug-likeness (QED) is 0.875. The highest BCUT2D eigenvalue weighted by Crippen LogP contribution is 2.20. The maximum Gasteiger partial charge on any atom is 0.222 e. The molecule has 0 aliphatic heterocycles. The summed E-state index contributed by atoms with van der Waals surface area (Å²) in [7, 11) is 0. The number of hydrogen-bond donors (Lipinski definition) is 2. The number of rotatable bonds is 5. The Hall–Kier alpha value is -2.10. The van der Waals surface area contributed by atoms with Crippen molar-refractivity contribution >= 4 is 11.8 Å². The largest absolute Gasteiger partial charge is 0.368 e. The second-order valence-electron chi connectivity index (χ2n) is 5.75. The molecule has 20 heavy (non-hydrogen) atoms. The topological polar surface area (TPSA) is 63.8 Å². The second-order valence-corrected chi connectivity index (χ2v) is 5.75. The van der Waals surface area contributed by atoms with Gasteiger partial charge in [-0.15, -0.1) is 0 Å². The Morgan fingerprint density at radius 2 is 1.85 bits per heavy atom. The molecule has 0 spiro atoms. The Kier molecular flexibility index (Phi) is 4.23. The van der Waals surface area contributed by atoms with E-state index in [1.165, 1.54) is 5.56 Å². The molecule has 0 amide bonds. The van der Waals surface area contributed by atoms with Crippen molar-refractivity contribution in [3.05, 3.63) is 47.7 Å². The predicted octanol–water partition coefficient (Wildman–Crippen LogP) is 3.19. The monoisotopic (exact) mass is 270 g/mol. The number of hydrogen-bond acceptors (Lipinski definition) is 4. The molecule has 0 saturated carbocycles. The maximum atomic E-state index is 5.68. The van der Waals surface area contributed by atoms with Gasteiger partial charge in [0.1, 0.15) is 5.82 Å². The van der Waals surface area contributed by atoms with Crippen molar-refractivity contribution in [3.8, 4) is 0 Å². The number of nitrogens with two attached hydrogens (primary N) is 1. The molecule has 4 heteroatoms. The van der Waals surface area contributed by atoms with E-state index in [1.807, 2.05) is 19.1 Å². The van der Waals surface area contributed by atoms with Gasteiger partial charge in [0.2, 0.25) is 5.95 Å². The Balaban J connectivity index is 1.99. The smallest absolute Gasteiger partial charge is 0.222 e. The third-order valence-corrected chi connectivity index (χ3v) is 3.22. The summed E-state index contributed by atoms with van der Waals surface area (Å²) in [5.41, 5.74) is 7.85. The lowest BCUT2D eigenvalue weighted by molar-refractivity contribution is 0.516. The third kappa shape index (κ3) is 4.23. The molecule has 0 radical (unpaired) electrons. The van der Waals surface area contributed by atoms with Gasteiger partial charge in [0.25, 0.3) is 0 Å². The van der Waals surface area contributed by atoms with Crippen molar-refractivity contribution in [2.75, 3.05) is 11.1 Å². The van der Waals surface area contributed by atoms with Crippen molar-refractivity contribution in [2.24, 2.45) is 0 Å². The van der Waals surface area contributed by atoms with Crippen LogP contribution in [0.5, 0.6) is 0 Å². The van der Waals surface area contributed by atoms with Gasteiger partial charge in [-0.1, -0.05) is 30.3 Å². The van der Waals surface area contributed by atoms with Gasteiger partial charge >= 0.3 is 0 Å². The normalized spacial score (nSPS) is 11.3. The van der Waals surface area contributed by atoms with Crippen LogP contribution in [-0.4, -0.2) is 15.5 Å². The molecule has 0 bridgehead atoms. The predicted molar refractivity (Wildman–Crippen MR) is 83.6 cm³/mol. The third-order valence-electron chi connectivity index (χ3n) is 3.22. The molecule has 1 aromatic carbocycles. The van der Waals surface area contributed by atoms with E-state index < -0.39 is 0 Å². The fourth-order valence-corrected chi connectivity index (χ4v) is 2.17. The van der Waals surface area contributed by atoms with E-state index in [9.17, 15) is 0 Å². The van der Waals surface area contributed by atoms with Crippen molar-refractivity contribution in [2.45, 2.75) is 39.2 Å². The van der Waals surface area contributed by atoms with Gasteiger partial charge in [-0.25, -0.2) is 4.98 Å². The van der Waals surface area contributed by atoms with Crippen LogP contribution in [0, 0.1) is 6.92 Å². The highest BCUT2D eigenvalue weighted by Gasteiger charge is 2.18. The molecular formula is C16H22N4. The zero-order valence-electron chi connectivity index (χ0n) is 12.4. The van der Waals surface area contributed by atoms with Crippen molar-refractivity contribution in [3.63, 3.8) is 0 Å². The van der Waals surface area contributed by atoms with Gasteiger partial charge < -0.3 is 11.1 Å². The summed E-state index contributed by atoms with van der Waals surface area (Å²) in [5.74, 6) is 1.10. The van der Waals surface area contributed by atoms with Gasteiger partial charge in [0.15, 0.2) is 0 Å². The van der Waals surface area contributed by atoms with E-state index >= 15 is 0 Å². The summed E-state index contributed by atoms with van der Waals surface area (Å²) in [6.07, 6.45) is 2.04. The molecule has 106 valence electrons. The lowest BCUT2D eigenvalue weighted by Crippen LogP contribution is -2.32. The molecule has 3 N–H and O–H groups in total. The summed E-state index contributed by atoms with van der Waals surface area (Å²) < 4.78 is 0. The van der Waals surface area contributed by atoms with E-state index in [0.29, 0.717) is 5.95 Å². The maximum absolute atomic E-state index is 5.68. The number of anilines is 2. The molecular weight excluding hydrogens is 248 g/mol. The van der Waals surface area contributed by atoms with Crippen LogP contribution in [0.2, 0.25) is 0 Å². The Bertz CT molecular complexity index is 544. The summed E-state index contributed by atoms with van der Waals surface area (Å²) in [6.45, 7) is 6.26. The SMILES string of the molecule is Cc1cc(NC(C)(C)CCc2ccccc2)nc(N)n1. The van der Waals surface area contributed by atoms with Crippen LogP contribution in [0.25, 0.3) is 0 Å². The van der Waals surface area contributed by atoms with E-state index in [1.54, 1.807) is 0 Å². The fraction of sp³-hybridized carbons (Fsp3) is 0.375. The molecule has 0 aliphatic rings. The summed E-state index contributed by atoms with van der Waals surface area (Å²) >= 11 is 0. The van der Waals surface area contributed by atoms with E-state index in [0.717, 1.165) is 24.4 Å². The molecule has 1 heterocycles. The second kappa shape index (κ2) is 5.90. The van der Waals surface area contributed by atoms with Gasteiger partial charge in [0, 0.05) is 17.3 Å². The van der Waals surface area contributed by atoms with Gasteiger partial charge in [-0.3, -0.25) is 0 Å². The van der Waals surface area contributed by atoms with E-state index in [-0.39, 0.29) is 5.54 Å². The lowest BCUT2D eigenvalue weighted by Gasteiger charge is -2.27. The van der Waals surface area contributed by atoms with Crippen LogP contribution in [0.1, 0.15) is 31.5 Å². The average Bonchev–Trinajstić information content (AvgIpc) is 2.36. The Morgan fingerprint density at radius 1 is 1.15 bits per heavy atom. The number of nitrogens with one attached hydrogen (secondary N) is 1. The molecule has 2 aromatic rings. The first kappa shape index (κ1) is 14.3. The molecule has 0 atom stereocenters. The Morgan fingerprint density at radius 3 is 2.50 bits per heavy atom. The number of aromatic nitrogens is 2. The minimum absolute atomic E-state index is 0.0525. The number of nitrogen functional groups attached to an aromatic ring is 1. The standard InChI is InChI=1S/C16H22N4/c1-12-11-14(19-15(17)18-12)20-16(2,3)10-9-13-7-5-4-6-8-13/h4-8,11H,9-10H2,1-3H3,(H3,17,18,19,20). The summed E-state index contributed by atoms with van der Waals surface area (Å²) in [6, 6.07) is 12.4. The number of benzene rings is 1. The molecule has 1 aromatic heterocycles. The fourth-order valence-electron chi connectivity index (χ4n) is 2.17. The molecule has 0 unspecified atom stereocenters. The first-order valence-electron chi connectivity index (χ1n) is 6.88. The zero-order chi connectivity index (χ0) is 14.6. The van der Waals surface area contributed by atoms with Crippen LogP contribution in [-0.2, 0) is 6.42 Å². The van der Waals surface area contributed by atoms with Crippen molar-refractivity contribution < 1.29 is 0 Å². The zero-order valence-corrected chi connectivity index (χ0v) is 12.4. The van der Waals surface area contributed by atoms with Crippen LogP contribution in [0.3, 0.4) is 0 Å². The molecule has 0 saturated heterocycles. The van der Waals surface area contributed by atoms with Crippen LogP contribution >= 0.6 is 0 Å². The van der Waals surface area contributed by atoms with Gasteiger partial charge in [-0.2, -0.15) is 4.98 Å². The van der Waals surface area contributed by atoms with Crippen molar-refractivity contribution in [1.82, 2.24) is 9.97 Å². The van der Waals surface area contributed by atoms with Crippen LogP contribution < -0.4 is 11.1 Å². The molecule has 4 nitrogen and oxygen atoms in total. The Labute approximate surface area is 120 Å². The highest BCUT2D eigenvalue weighted by molar-refractivity contribution is 5.42. The number of nitrogens with zero attached hydrogens (tertiary/aromatic N) is 2.